The van der Waals surface area contributed by atoms with E-state index in [9.17, 15) is 0 Å². The summed E-state index contributed by atoms with van der Waals surface area (Å²) < 4.78 is 0. The average molecular weight is 248 g/mol. The highest BCUT2D eigenvalue weighted by Crippen LogP contribution is 2.07. The molecule has 0 heterocycles. The molecule has 0 aliphatic rings. The molecule has 0 nitrogen and oxygen atoms in total. The maximum absolute atomic E-state index is 2.30. The number of rotatable bonds is 12. The fraction of sp³-hybridized carbons (Fsp3) is 0.667. The summed E-state index contributed by atoms with van der Waals surface area (Å²) >= 11 is 0. The molecule has 0 amide bonds. The van der Waals surface area contributed by atoms with Crippen molar-refractivity contribution in [2.24, 2.45) is 0 Å². The minimum Gasteiger partial charge on any atom is -0.0888 e. The zero-order valence-electron chi connectivity index (χ0n) is 12.5. The number of hydrogen-bond acceptors (Lipinski definition) is 0. The van der Waals surface area contributed by atoms with Crippen molar-refractivity contribution < 1.29 is 0 Å². The van der Waals surface area contributed by atoms with Crippen molar-refractivity contribution >= 4 is 0 Å². The van der Waals surface area contributed by atoms with Gasteiger partial charge in [0.2, 0.25) is 0 Å². The third-order valence-electron chi connectivity index (χ3n) is 3.01. The SMILES string of the molecule is CC/C=C/CC/C=C\C=C\CCCCCCCC. The molecule has 0 spiro atoms. The van der Waals surface area contributed by atoms with Gasteiger partial charge in [-0.05, 0) is 32.1 Å². The molecule has 0 heteroatoms. The van der Waals surface area contributed by atoms with Crippen LogP contribution in [0.1, 0.15) is 78.1 Å². The Morgan fingerprint density at radius 2 is 1.17 bits per heavy atom. The van der Waals surface area contributed by atoms with Crippen LogP contribution in [0.4, 0.5) is 0 Å². The van der Waals surface area contributed by atoms with Crippen LogP contribution in [0.3, 0.4) is 0 Å². The lowest BCUT2D eigenvalue weighted by molar-refractivity contribution is 0.611. The van der Waals surface area contributed by atoms with Gasteiger partial charge in [0.15, 0.2) is 0 Å². The first-order chi connectivity index (χ1) is 8.91. The minimum absolute atomic E-state index is 1.15. The summed E-state index contributed by atoms with van der Waals surface area (Å²) in [6.45, 7) is 4.45. The monoisotopic (exact) mass is 248 g/mol. The van der Waals surface area contributed by atoms with Gasteiger partial charge in [0, 0.05) is 0 Å². The highest BCUT2D eigenvalue weighted by atomic mass is 13.9. The van der Waals surface area contributed by atoms with E-state index in [1.807, 2.05) is 0 Å². The lowest BCUT2D eigenvalue weighted by Gasteiger charge is -1.97. The summed E-state index contributed by atoms with van der Waals surface area (Å²) in [6, 6.07) is 0. The van der Waals surface area contributed by atoms with E-state index in [1.165, 1.54) is 51.4 Å². The molecule has 0 N–H and O–H groups in total. The van der Waals surface area contributed by atoms with E-state index in [1.54, 1.807) is 0 Å². The molecule has 0 aliphatic carbocycles. The van der Waals surface area contributed by atoms with Gasteiger partial charge in [0.25, 0.3) is 0 Å². The maximum Gasteiger partial charge on any atom is -0.0313 e. The van der Waals surface area contributed by atoms with E-state index >= 15 is 0 Å². The fourth-order valence-corrected chi connectivity index (χ4v) is 1.87. The molecule has 18 heavy (non-hydrogen) atoms. The highest BCUT2D eigenvalue weighted by molar-refractivity contribution is 5.02. The van der Waals surface area contributed by atoms with E-state index in [0.29, 0.717) is 0 Å². The third-order valence-corrected chi connectivity index (χ3v) is 3.01. The largest absolute Gasteiger partial charge is 0.0888 e. The van der Waals surface area contributed by atoms with Crippen molar-refractivity contribution in [1.82, 2.24) is 0 Å². The summed E-state index contributed by atoms with van der Waals surface area (Å²) in [6.07, 6.45) is 26.6. The second-order valence-electron chi connectivity index (χ2n) is 4.87. The Balaban J connectivity index is 3.21. The first-order valence-electron chi connectivity index (χ1n) is 7.88. The standard InChI is InChI=1S/C18H32/c1-3-5-7-9-11-13-15-17-18-16-14-12-10-8-6-4-2/h5,7,13,15,17-18H,3-4,6,8-12,14,16H2,1-2H3/b7-5+,15-13-,18-17+. The van der Waals surface area contributed by atoms with Gasteiger partial charge in [-0.15, -0.1) is 0 Å². The van der Waals surface area contributed by atoms with Crippen LogP contribution in [0.25, 0.3) is 0 Å². The Bertz CT molecular complexity index is 220. The Labute approximate surface area is 115 Å². The summed E-state index contributed by atoms with van der Waals surface area (Å²) in [5, 5.41) is 0. The zero-order chi connectivity index (χ0) is 13.3. The van der Waals surface area contributed by atoms with Crippen LogP contribution in [0.15, 0.2) is 36.5 Å². The first-order valence-corrected chi connectivity index (χ1v) is 7.88. The Morgan fingerprint density at radius 3 is 1.89 bits per heavy atom. The van der Waals surface area contributed by atoms with E-state index in [2.05, 4.69) is 50.3 Å². The van der Waals surface area contributed by atoms with Crippen LogP contribution >= 0.6 is 0 Å². The van der Waals surface area contributed by atoms with E-state index in [4.69, 9.17) is 0 Å². The van der Waals surface area contributed by atoms with Crippen molar-refractivity contribution in [2.75, 3.05) is 0 Å². The van der Waals surface area contributed by atoms with Gasteiger partial charge in [-0.1, -0.05) is 82.4 Å². The molecule has 0 unspecified atom stereocenters. The molecule has 0 bridgehead atoms. The first kappa shape index (κ1) is 17.2. The lowest BCUT2D eigenvalue weighted by Crippen LogP contribution is -1.77. The van der Waals surface area contributed by atoms with Crippen molar-refractivity contribution in [3.8, 4) is 0 Å². The molecule has 0 radical (unpaired) electrons. The van der Waals surface area contributed by atoms with Gasteiger partial charge in [0.1, 0.15) is 0 Å². The smallest absolute Gasteiger partial charge is 0.0313 e. The molecular weight excluding hydrogens is 216 g/mol. The second kappa shape index (κ2) is 16.2. The molecular formula is C18H32. The normalized spacial score (nSPS) is 12.3. The van der Waals surface area contributed by atoms with Crippen LogP contribution in [0.5, 0.6) is 0 Å². The highest BCUT2D eigenvalue weighted by Gasteiger charge is 1.87. The topological polar surface area (TPSA) is 0 Å². The molecule has 0 saturated heterocycles. The predicted molar refractivity (Wildman–Crippen MR) is 84.9 cm³/mol. The van der Waals surface area contributed by atoms with Crippen LogP contribution in [-0.4, -0.2) is 0 Å². The molecule has 0 aromatic carbocycles. The molecule has 0 fully saturated rings. The Morgan fingerprint density at radius 1 is 0.556 bits per heavy atom. The van der Waals surface area contributed by atoms with Gasteiger partial charge in [-0.2, -0.15) is 0 Å². The van der Waals surface area contributed by atoms with Gasteiger partial charge in [-0.25, -0.2) is 0 Å². The fourth-order valence-electron chi connectivity index (χ4n) is 1.87. The van der Waals surface area contributed by atoms with Crippen LogP contribution in [0.2, 0.25) is 0 Å². The Kier molecular flexibility index (Phi) is 15.5. The van der Waals surface area contributed by atoms with Gasteiger partial charge >= 0.3 is 0 Å². The summed E-state index contributed by atoms with van der Waals surface area (Å²) in [5.41, 5.74) is 0. The van der Waals surface area contributed by atoms with Crippen molar-refractivity contribution in [1.29, 1.82) is 0 Å². The quantitative estimate of drug-likeness (QED) is 0.207. The third kappa shape index (κ3) is 15.2. The van der Waals surface area contributed by atoms with E-state index in [-0.39, 0.29) is 0 Å². The molecule has 104 valence electrons. The molecule has 0 atom stereocenters. The van der Waals surface area contributed by atoms with Crippen LogP contribution in [0, 0.1) is 0 Å². The Hall–Kier alpha value is -0.780. The van der Waals surface area contributed by atoms with Crippen LogP contribution in [-0.2, 0) is 0 Å². The van der Waals surface area contributed by atoms with Crippen molar-refractivity contribution in [3.05, 3.63) is 36.5 Å². The van der Waals surface area contributed by atoms with Crippen molar-refractivity contribution in [2.45, 2.75) is 78.1 Å². The van der Waals surface area contributed by atoms with E-state index in [0.717, 1.165) is 12.8 Å². The number of unbranched alkanes of at least 4 members (excludes halogenated alkanes) is 7. The van der Waals surface area contributed by atoms with Gasteiger partial charge in [-0.3, -0.25) is 0 Å². The molecule has 0 aliphatic heterocycles. The molecule has 0 aromatic heterocycles. The van der Waals surface area contributed by atoms with Crippen LogP contribution < -0.4 is 0 Å². The van der Waals surface area contributed by atoms with Gasteiger partial charge < -0.3 is 0 Å². The van der Waals surface area contributed by atoms with E-state index < -0.39 is 0 Å². The molecule has 0 saturated carbocycles. The minimum atomic E-state index is 1.15. The van der Waals surface area contributed by atoms with Gasteiger partial charge in [0.05, 0.1) is 0 Å². The summed E-state index contributed by atoms with van der Waals surface area (Å²) in [5.74, 6) is 0. The predicted octanol–water partition coefficient (Wildman–Crippen LogP) is 6.60. The lowest BCUT2D eigenvalue weighted by atomic mass is 10.1. The van der Waals surface area contributed by atoms with Crippen molar-refractivity contribution in [3.63, 3.8) is 0 Å². The average Bonchev–Trinajstić information content (AvgIpc) is 2.39. The second-order valence-corrected chi connectivity index (χ2v) is 4.87. The zero-order valence-corrected chi connectivity index (χ0v) is 12.5. The summed E-state index contributed by atoms with van der Waals surface area (Å²) in [7, 11) is 0. The molecule has 0 rings (SSSR count). The number of allylic oxidation sites excluding steroid dienone is 6. The maximum atomic E-state index is 2.30. The number of hydrogen-bond donors (Lipinski definition) is 0. The molecule has 0 aromatic rings. The summed E-state index contributed by atoms with van der Waals surface area (Å²) in [4.78, 5) is 0.